The molecule has 0 aliphatic carbocycles. The van der Waals surface area contributed by atoms with E-state index in [2.05, 4.69) is 0 Å². The minimum Gasteiger partial charge on any atom is -0.315 e. The summed E-state index contributed by atoms with van der Waals surface area (Å²) in [5.41, 5.74) is 1.35. The number of nitrogens with zero attached hydrogens (tertiary/aromatic N) is 1. The number of amides is 1. The van der Waals surface area contributed by atoms with Gasteiger partial charge in [-0.3, -0.25) is 4.79 Å². The average molecular weight is 301 g/mol. The Morgan fingerprint density at radius 3 is 2.33 bits per heavy atom. The van der Waals surface area contributed by atoms with Crippen LogP contribution in [-0.2, 0) is 14.6 Å². The molecule has 1 unspecified atom stereocenters. The summed E-state index contributed by atoms with van der Waals surface area (Å²) in [6, 6.07) is 15.5. The fourth-order valence-electron chi connectivity index (χ4n) is 2.66. The first-order valence-electron chi connectivity index (χ1n) is 6.66. The molecule has 1 atom stereocenters. The number of para-hydroxylation sites is 1. The average Bonchev–Trinajstić information content (AvgIpc) is 2.51. The van der Waals surface area contributed by atoms with E-state index < -0.39 is 15.1 Å². The number of carbonyl (C=O) groups is 1. The number of fused-ring (bicyclic) bond motifs is 1. The molecule has 0 N–H and O–H groups in total. The van der Waals surface area contributed by atoms with Gasteiger partial charge in [0.2, 0.25) is 5.91 Å². The summed E-state index contributed by atoms with van der Waals surface area (Å²) in [4.78, 5) is 13.9. The lowest BCUT2D eigenvalue weighted by Gasteiger charge is -2.31. The van der Waals surface area contributed by atoms with Crippen molar-refractivity contribution >= 4 is 21.4 Å². The van der Waals surface area contributed by atoms with Crippen molar-refractivity contribution in [2.45, 2.75) is 16.6 Å². The maximum atomic E-state index is 12.8. The molecule has 0 spiro atoms. The van der Waals surface area contributed by atoms with Crippen LogP contribution < -0.4 is 4.90 Å². The molecule has 2 aromatic rings. The van der Waals surface area contributed by atoms with Crippen LogP contribution in [0.15, 0.2) is 59.5 Å². The van der Waals surface area contributed by atoms with E-state index in [1.54, 1.807) is 61.6 Å². The fourth-order valence-corrected chi connectivity index (χ4v) is 4.42. The van der Waals surface area contributed by atoms with Crippen LogP contribution in [-0.4, -0.2) is 21.4 Å². The molecular weight excluding hydrogens is 286 g/mol. The zero-order valence-electron chi connectivity index (χ0n) is 11.6. The predicted octanol–water partition coefficient (Wildman–Crippen LogP) is 2.57. The SMILES string of the molecule is CN1C(=O)CC(S(=O)(=O)c2ccccc2)c2ccccc21. The molecule has 5 heteroatoms. The molecule has 0 bridgehead atoms. The van der Waals surface area contributed by atoms with Crippen LogP contribution in [0, 0.1) is 0 Å². The summed E-state index contributed by atoms with van der Waals surface area (Å²) in [6.07, 6.45) is -0.0231. The Hall–Kier alpha value is -2.14. The number of rotatable bonds is 2. The van der Waals surface area contributed by atoms with Crippen LogP contribution in [0.2, 0.25) is 0 Å². The Bertz CT molecular complexity index is 784. The number of hydrogen-bond donors (Lipinski definition) is 0. The van der Waals surface area contributed by atoms with Crippen molar-refractivity contribution in [3.8, 4) is 0 Å². The first-order chi connectivity index (χ1) is 10.0. The lowest BCUT2D eigenvalue weighted by Crippen LogP contribution is -2.35. The smallest absolute Gasteiger partial charge is 0.228 e. The summed E-state index contributed by atoms with van der Waals surface area (Å²) in [5, 5.41) is -0.820. The largest absolute Gasteiger partial charge is 0.315 e. The van der Waals surface area contributed by atoms with Crippen LogP contribution in [0.5, 0.6) is 0 Å². The van der Waals surface area contributed by atoms with E-state index in [1.165, 1.54) is 4.90 Å². The summed E-state index contributed by atoms with van der Waals surface area (Å²) in [5.74, 6) is -0.182. The van der Waals surface area contributed by atoms with Gasteiger partial charge in [-0.2, -0.15) is 0 Å². The number of carbonyl (C=O) groups excluding carboxylic acids is 1. The van der Waals surface area contributed by atoms with Gasteiger partial charge in [0.05, 0.1) is 4.90 Å². The topological polar surface area (TPSA) is 54.5 Å². The number of anilines is 1. The minimum atomic E-state index is -3.58. The van der Waals surface area contributed by atoms with Crippen LogP contribution in [0.25, 0.3) is 0 Å². The van der Waals surface area contributed by atoms with Crippen molar-refractivity contribution in [1.29, 1.82) is 0 Å². The highest BCUT2D eigenvalue weighted by molar-refractivity contribution is 7.91. The molecule has 0 radical (unpaired) electrons. The highest BCUT2D eigenvalue weighted by Crippen LogP contribution is 2.40. The second-order valence-electron chi connectivity index (χ2n) is 5.06. The van der Waals surface area contributed by atoms with Gasteiger partial charge in [0.15, 0.2) is 9.84 Å². The van der Waals surface area contributed by atoms with Gasteiger partial charge < -0.3 is 4.90 Å². The molecular formula is C16H15NO3S. The maximum absolute atomic E-state index is 12.8. The van der Waals surface area contributed by atoms with Crippen molar-refractivity contribution in [1.82, 2.24) is 0 Å². The van der Waals surface area contributed by atoms with Crippen LogP contribution in [0.4, 0.5) is 5.69 Å². The van der Waals surface area contributed by atoms with Crippen molar-refractivity contribution in [3.63, 3.8) is 0 Å². The van der Waals surface area contributed by atoms with Gasteiger partial charge in [0.25, 0.3) is 0 Å². The Labute approximate surface area is 123 Å². The molecule has 1 amide bonds. The van der Waals surface area contributed by atoms with Gasteiger partial charge in [0, 0.05) is 19.2 Å². The maximum Gasteiger partial charge on any atom is 0.228 e. The lowest BCUT2D eigenvalue weighted by atomic mass is 10.0. The number of benzene rings is 2. The Morgan fingerprint density at radius 1 is 1.00 bits per heavy atom. The van der Waals surface area contributed by atoms with E-state index in [1.807, 2.05) is 0 Å². The molecule has 0 fully saturated rings. The lowest BCUT2D eigenvalue weighted by molar-refractivity contribution is -0.118. The third kappa shape index (κ3) is 2.23. The van der Waals surface area contributed by atoms with E-state index in [0.29, 0.717) is 11.3 Å². The van der Waals surface area contributed by atoms with Gasteiger partial charge in [-0.05, 0) is 23.8 Å². The molecule has 1 aliphatic rings. The molecule has 2 aromatic carbocycles. The Balaban J connectivity index is 2.16. The molecule has 108 valence electrons. The highest BCUT2D eigenvalue weighted by atomic mass is 32.2. The fraction of sp³-hybridized carbons (Fsp3) is 0.188. The Morgan fingerprint density at radius 2 is 1.62 bits per heavy atom. The van der Waals surface area contributed by atoms with Gasteiger partial charge in [-0.15, -0.1) is 0 Å². The van der Waals surface area contributed by atoms with Gasteiger partial charge >= 0.3 is 0 Å². The van der Waals surface area contributed by atoms with Crippen LogP contribution >= 0.6 is 0 Å². The van der Waals surface area contributed by atoms with E-state index >= 15 is 0 Å². The molecule has 1 aliphatic heterocycles. The molecule has 4 nitrogen and oxygen atoms in total. The van der Waals surface area contributed by atoms with Crippen molar-refractivity contribution in [3.05, 3.63) is 60.2 Å². The van der Waals surface area contributed by atoms with E-state index in [-0.39, 0.29) is 17.2 Å². The van der Waals surface area contributed by atoms with Gasteiger partial charge in [0.1, 0.15) is 5.25 Å². The van der Waals surface area contributed by atoms with E-state index in [9.17, 15) is 13.2 Å². The van der Waals surface area contributed by atoms with Gasteiger partial charge in [-0.1, -0.05) is 36.4 Å². The zero-order valence-corrected chi connectivity index (χ0v) is 12.4. The quantitative estimate of drug-likeness (QED) is 0.856. The van der Waals surface area contributed by atoms with Crippen molar-refractivity contribution in [2.24, 2.45) is 0 Å². The first kappa shape index (κ1) is 13.8. The standard InChI is InChI=1S/C16H15NO3S/c1-17-14-10-6-5-9-13(14)15(11-16(17)18)21(19,20)12-7-3-2-4-8-12/h2-10,15H,11H2,1H3. The van der Waals surface area contributed by atoms with Crippen molar-refractivity contribution in [2.75, 3.05) is 11.9 Å². The molecule has 0 aromatic heterocycles. The summed E-state index contributed by atoms with van der Waals surface area (Å²) >= 11 is 0. The van der Waals surface area contributed by atoms with Crippen LogP contribution in [0.1, 0.15) is 17.2 Å². The highest BCUT2D eigenvalue weighted by Gasteiger charge is 2.38. The van der Waals surface area contributed by atoms with E-state index in [4.69, 9.17) is 0 Å². The summed E-state index contributed by atoms with van der Waals surface area (Å²) in [7, 11) is -1.91. The second-order valence-corrected chi connectivity index (χ2v) is 7.19. The third-order valence-corrected chi connectivity index (χ3v) is 5.92. The van der Waals surface area contributed by atoms with Crippen LogP contribution in [0.3, 0.4) is 0 Å². The normalized spacial score (nSPS) is 18.4. The number of hydrogen-bond acceptors (Lipinski definition) is 3. The molecule has 3 rings (SSSR count). The third-order valence-electron chi connectivity index (χ3n) is 3.83. The Kier molecular flexibility index (Phi) is 3.29. The molecule has 0 saturated heterocycles. The predicted molar refractivity (Wildman–Crippen MR) is 80.8 cm³/mol. The van der Waals surface area contributed by atoms with Crippen molar-refractivity contribution < 1.29 is 13.2 Å². The molecule has 1 heterocycles. The first-order valence-corrected chi connectivity index (χ1v) is 8.21. The van der Waals surface area contributed by atoms with Gasteiger partial charge in [-0.25, -0.2) is 8.42 Å². The zero-order chi connectivity index (χ0) is 15.0. The summed E-state index contributed by atoms with van der Waals surface area (Å²) in [6.45, 7) is 0. The monoisotopic (exact) mass is 301 g/mol. The molecule has 0 saturated carbocycles. The summed E-state index contributed by atoms with van der Waals surface area (Å²) < 4.78 is 25.7. The minimum absolute atomic E-state index is 0.0231. The second kappa shape index (κ2) is 5.00. The number of sulfone groups is 1. The van der Waals surface area contributed by atoms with E-state index in [0.717, 1.165) is 0 Å². The molecule has 21 heavy (non-hydrogen) atoms.